The van der Waals surface area contributed by atoms with Crippen molar-refractivity contribution in [2.45, 2.75) is 19.8 Å². The predicted octanol–water partition coefficient (Wildman–Crippen LogP) is 3.12. The molecule has 2 aromatic rings. The summed E-state index contributed by atoms with van der Waals surface area (Å²) in [4.78, 5) is 18.6. The molecule has 1 aliphatic rings. The lowest BCUT2D eigenvalue weighted by Gasteiger charge is -2.31. The molecule has 2 heterocycles. The third-order valence-electron chi connectivity index (χ3n) is 4.41. The molecule has 1 unspecified atom stereocenters. The Morgan fingerprint density at radius 1 is 1.28 bits per heavy atom. The lowest BCUT2D eigenvalue weighted by atomic mass is 9.99. The van der Waals surface area contributed by atoms with Gasteiger partial charge in [-0.05, 0) is 44.5 Å². The first kappa shape index (κ1) is 17.4. The number of nitrogens with zero attached hydrogens (tertiary/aromatic N) is 2. The van der Waals surface area contributed by atoms with Crippen LogP contribution in [0, 0.1) is 12.8 Å². The number of carbonyl (C=O) groups is 1. The van der Waals surface area contributed by atoms with E-state index in [2.05, 4.69) is 15.2 Å². The maximum atomic E-state index is 12.3. The Labute approximate surface area is 149 Å². The summed E-state index contributed by atoms with van der Waals surface area (Å²) in [5, 5.41) is 2.97. The smallest absolute Gasteiger partial charge is 0.238 e. The predicted molar refractivity (Wildman–Crippen MR) is 98.7 cm³/mol. The number of aryl methyl sites for hydroxylation is 1. The monoisotopic (exact) mass is 339 g/mol. The van der Waals surface area contributed by atoms with E-state index in [0.717, 1.165) is 31.6 Å². The number of piperidine rings is 1. The Balaban J connectivity index is 1.44. The number of amides is 1. The highest BCUT2D eigenvalue weighted by Gasteiger charge is 2.22. The topological polar surface area (TPSA) is 54.5 Å². The average Bonchev–Trinajstić information content (AvgIpc) is 2.63. The van der Waals surface area contributed by atoms with E-state index in [-0.39, 0.29) is 5.91 Å². The lowest BCUT2D eigenvalue weighted by molar-refractivity contribution is -0.117. The lowest BCUT2D eigenvalue weighted by Crippen LogP contribution is -2.42. The van der Waals surface area contributed by atoms with Crippen molar-refractivity contribution in [1.29, 1.82) is 0 Å². The van der Waals surface area contributed by atoms with E-state index in [9.17, 15) is 4.79 Å². The van der Waals surface area contributed by atoms with E-state index in [0.29, 0.717) is 24.9 Å². The number of nitrogens with one attached hydrogen (secondary N) is 1. The van der Waals surface area contributed by atoms with E-state index in [4.69, 9.17) is 4.74 Å². The number of aromatic nitrogens is 1. The Hall–Kier alpha value is -2.40. The van der Waals surface area contributed by atoms with Gasteiger partial charge in [-0.2, -0.15) is 0 Å². The molecule has 0 radical (unpaired) electrons. The van der Waals surface area contributed by atoms with Gasteiger partial charge >= 0.3 is 0 Å². The molecule has 132 valence electrons. The third kappa shape index (κ3) is 5.57. The molecule has 1 atom stereocenters. The Kier molecular flexibility index (Phi) is 6.01. The largest absolute Gasteiger partial charge is 0.477 e. The van der Waals surface area contributed by atoms with Crippen molar-refractivity contribution in [1.82, 2.24) is 9.88 Å². The van der Waals surface area contributed by atoms with Crippen LogP contribution in [0.3, 0.4) is 0 Å². The zero-order valence-electron chi connectivity index (χ0n) is 14.6. The van der Waals surface area contributed by atoms with E-state index in [1.165, 1.54) is 5.56 Å². The number of hydrogen-bond donors (Lipinski definition) is 1. The molecule has 1 aromatic carbocycles. The van der Waals surface area contributed by atoms with Gasteiger partial charge in [0.2, 0.25) is 11.8 Å². The van der Waals surface area contributed by atoms with Gasteiger partial charge < -0.3 is 10.1 Å². The zero-order chi connectivity index (χ0) is 17.5. The number of ether oxygens (including phenoxy) is 1. The van der Waals surface area contributed by atoms with Gasteiger partial charge in [0.25, 0.3) is 0 Å². The molecule has 0 aliphatic carbocycles. The zero-order valence-corrected chi connectivity index (χ0v) is 14.6. The molecule has 25 heavy (non-hydrogen) atoms. The van der Waals surface area contributed by atoms with Crippen molar-refractivity contribution in [3.05, 3.63) is 54.2 Å². The van der Waals surface area contributed by atoms with Gasteiger partial charge in [0.1, 0.15) is 0 Å². The van der Waals surface area contributed by atoms with Crippen LogP contribution in [0.4, 0.5) is 5.69 Å². The second kappa shape index (κ2) is 8.62. The molecular weight excluding hydrogens is 314 g/mol. The first-order valence-corrected chi connectivity index (χ1v) is 8.82. The molecule has 5 heteroatoms. The van der Waals surface area contributed by atoms with Gasteiger partial charge in [0, 0.05) is 30.4 Å². The van der Waals surface area contributed by atoms with Crippen LogP contribution in [0.25, 0.3) is 0 Å². The highest BCUT2D eigenvalue weighted by molar-refractivity contribution is 5.92. The van der Waals surface area contributed by atoms with Crippen LogP contribution in [0.1, 0.15) is 18.4 Å². The second-order valence-electron chi connectivity index (χ2n) is 6.64. The van der Waals surface area contributed by atoms with Crippen molar-refractivity contribution < 1.29 is 9.53 Å². The molecule has 5 nitrogen and oxygen atoms in total. The first-order valence-electron chi connectivity index (χ1n) is 8.82. The molecule has 0 bridgehead atoms. The van der Waals surface area contributed by atoms with Crippen LogP contribution in [-0.2, 0) is 4.79 Å². The van der Waals surface area contributed by atoms with Crippen LogP contribution < -0.4 is 10.1 Å². The minimum Gasteiger partial charge on any atom is -0.477 e. The van der Waals surface area contributed by atoms with Crippen molar-refractivity contribution in [3.8, 4) is 5.88 Å². The Morgan fingerprint density at radius 2 is 2.12 bits per heavy atom. The summed E-state index contributed by atoms with van der Waals surface area (Å²) in [7, 11) is 0. The summed E-state index contributed by atoms with van der Waals surface area (Å²) < 4.78 is 5.77. The number of carbonyl (C=O) groups excluding carboxylic acids is 1. The summed E-state index contributed by atoms with van der Waals surface area (Å²) in [6, 6.07) is 13.5. The maximum absolute atomic E-state index is 12.3. The molecule has 3 rings (SSSR count). The summed E-state index contributed by atoms with van der Waals surface area (Å²) in [5.41, 5.74) is 2.03. The first-order chi connectivity index (χ1) is 12.2. The summed E-state index contributed by atoms with van der Waals surface area (Å²) in [6.45, 7) is 4.95. The fraction of sp³-hybridized carbons (Fsp3) is 0.400. The van der Waals surface area contributed by atoms with Crippen LogP contribution >= 0.6 is 0 Å². The number of likely N-dealkylation sites (tertiary alicyclic amines) is 1. The highest BCUT2D eigenvalue weighted by Crippen LogP contribution is 2.18. The number of rotatable bonds is 6. The molecule has 1 amide bonds. The minimum absolute atomic E-state index is 0.0372. The minimum atomic E-state index is 0.0372. The van der Waals surface area contributed by atoms with Crippen LogP contribution in [0.2, 0.25) is 0 Å². The van der Waals surface area contributed by atoms with Crippen molar-refractivity contribution >= 4 is 11.6 Å². The molecule has 1 fully saturated rings. The van der Waals surface area contributed by atoms with Crippen LogP contribution in [-0.4, -0.2) is 42.0 Å². The molecule has 1 saturated heterocycles. The fourth-order valence-electron chi connectivity index (χ4n) is 3.11. The highest BCUT2D eigenvalue weighted by atomic mass is 16.5. The van der Waals surface area contributed by atoms with Gasteiger partial charge in [0.15, 0.2) is 0 Å². The van der Waals surface area contributed by atoms with Gasteiger partial charge in [-0.1, -0.05) is 23.8 Å². The van der Waals surface area contributed by atoms with Crippen molar-refractivity contribution in [2.75, 3.05) is 31.6 Å². The maximum Gasteiger partial charge on any atom is 0.238 e. The van der Waals surface area contributed by atoms with Gasteiger partial charge in [-0.3, -0.25) is 9.69 Å². The van der Waals surface area contributed by atoms with Crippen LogP contribution in [0.5, 0.6) is 5.88 Å². The molecular formula is C20H25N3O2. The van der Waals surface area contributed by atoms with Crippen molar-refractivity contribution in [2.24, 2.45) is 5.92 Å². The Morgan fingerprint density at radius 3 is 2.88 bits per heavy atom. The third-order valence-corrected chi connectivity index (χ3v) is 4.41. The van der Waals surface area contributed by atoms with E-state index >= 15 is 0 Å². The fourth-order valence-corrected chi connectivity index (χ4v) is 3.11. The molecule has 1 aromatic heterocycles. The molecule has 1 aliphatic heterocycles. The SMILES string of the molecule is Cc1ccc(NC(=O)CN2CCCC(COc3ccccn3)C2)cc1. The van der Waals surface area contributed by atoms with Gasteiger partial charge in [-0.25, -0.2) is 4.98 Å². The molecule has 0 saturated carbocycles. The summed E-state index contributed by atoms with van der Waals surface area (Å²) >= 11 is 0. The quantitative estimate of drug-likeness (QED) is 0.878. The van der Waals surface area contributed by atoms with E-state index < -0.39 is 0 Å². The van der Waals surface area contributed by atoms with Crippen LogP contribution in [0.15, 0.2) is 48.7 Å². The normalized spacial score (nSPS) is 17.9. The van der Waals surface area contributed by atoms with Crippen molar-refractivity contribution in [3.63, 3.8) is 0 Å². The average molecular weight is 339 g/mol. The summed E-state index contributed by atoms with van der Waals surface area (Å²) in [6.07, 6.45) is 3.95. The second-order valence-corrected chi connectivity index (χ2v) is 6.64. The van der Waals surface area contributed by atoms with E-state index in [1.54, 1.807) is 6.20 Å². The standard InChI is InChI=1S/C20H25N3O2/c1-16-7-9-18(10-8-16)22-19(24)14-23-12-4-5-17(13-23)15-25-20-6-2-3-11-21-20/h2-3,6-11,17H,4-5,12-15H2,1H3,(H,22,24). The number of pyridine rings is 1. The van der Waals surface area contributed by atoms with E-state index in [1.807, 2.05) is 49.4 Å². The summed E-state index contributed by atoms with van der Waals surface area (Å²) in [5.74, 6) is 1.13. The van der Waals surface area contributed by atoms with Gasteiger partial charge in [0.05, 0.1) is 13.2 Å². The number of hydrogen-bond acceptors (Lipinski definition) is 4. The number of anilines is 1. The number of benzene rings is 1. The molecule has 1 N–H and O–H groups in total. The van der Waals surface area contributed by atoms with Gasteiger partial charge in [-0.15, -0.1) is 0 Å². The molecule has 0 spiro atoms. The Bertz CT molecular complexity index is 673.